The Morgan fingerprint density at radius 2 is 1.61 bits per heavy atom. The zero-order valence-electron chi connectivity index (χ0n) is 18.7. The Hall–Kier alpha value is -3.17. The number of carbonyl (C=O) groups excluding carboxylic acids is 3. The van der Waals surface area contributed by atoms with Crippen LogP contribution < -0.4 is 5.32 Å². The monoisotopic (exact) mass is 454 g/mol. The molecule has 0 radical (unpaired) electrons. The van der Waals surface area contributed by atoms with E-state index in [1.54, 1.807) is 17.0 Å². The second kappa shape index (κ2) is 11.1. The molecule has 1 atom stereocenters. The molecule has 1 aromatic heterocycles. The highest BCUT2D eigenvalue weighted by atomic mass is 16.5. The topological polar surface area (TPSA) is 95.3 Å². The number of furan rings is 1. The molecular weight excluding hydrogens is 424 g/mol. The molecule has 2 saturated heterocycles. The highest BCUT2D eigenvalue weighted by Gasteiger charge is 2.30. The van der Waals surface area contributed by atoms with E-state index in [-0.39, 0.29) is 17.6 Å². The van der Waals surface area contributed by atoms with Crippen LogP contribution >= 0.6 is 0 Å². The van der Waals surface area contributed by atoms with E-state index in [1.165, 1.54) is 6.26 Å². The number of benzene rings is 1. The summed E-state index contributed by atoms with van der Waals surface area (Å²) in [6, 6.07) is 12.1. The number of carbonyl (C=O) groups is 3. The molecular formula is C24H30N4O5. The summed E-state index contributed by atoms with van der Waals surface area (Å²) < 4.78 is 10.5. The maximum atomic E-state index is 13.4. The van der Waals surface area contributed by atoms with Gasteiger partial charge in [0.1, 0.15) is 6.04 Å². The number of nitrogens with zero attached hydrogens (tertiary/aromatic N) is 3. The highest BCUT2D eigenvalue weighted by Crippen LogP contribution is 2.11. The van der Waals surface area contributed by atoms with Crippen molar-refractivity contribution in [3.05, 3.63) is 60.1 Å². The lowest BCUT2D eigenvalue weighted by molar-refractivity contribution is -0.138. The molecule has 0 bridgehead atoms. The van der Waals surface area contributed by atoms with E-state index in [9.17, 15) is 14.4 Å². The van der Waals surface area contributed by atoms with E-state index in [1.807, 2.05) is 35.2 Å². The van der Waals surface area contributed by atoms with Crippen molar-refractivity contribution in [1.82, 2.24) is 20.0 Å². The summed E-state index contributed by atoms with van der Waals surface area (Å²) >= 11 is 0. The fourth-order valence-corrected chi connectivity index (χ4v) is 4.14. The molecule has 2 aliphatic rings. The molecule has 2 aliphatic heterocycles. The van der Waals surface area contributed by atoms with Gasteiger partial charge < -0.3 is 24.3 Å². The average Bonchev–Trinajstić information content (AvgIpc) is 3.40. The van der Waals surface area contributed by atoms with Gasteiger partial charge in [0, 0.05) is 45.7 Å². The molecule has 2 fully saturated rings. The van der Waals surface area contributed by atoms with Crippen LogP contribution in [-0.4, -0.2) is 97.5 Å². The van der Waals surface area contributed by atoms with Crippen LogP contribution in [0.1, 0.15) is 16.1 Å². The van der Waals surface area contributed by atoms with Crippen molar-refractivity contribution >= 4 is 17.7 Å². The summed E-state index contributed by atoms with van der Waals surface area (Å²) in [5.41, 5.74) is 0.963. The molecule has 1 N–H and O–H groups in total. The van der Waals surface area contributed by atoms with Crippen molar-refractivity contribution in [3.8, 4) is 0 Å². The zero-order chi connectivity index (χ0) is 23.0. The molecule has 1 unspecified atom stereocenters. The first-order valence-electron chi connectivity index (χ1n) is 11.3. The largest absolute Gasteiger partial charge is 0.459 e. The molecule has 33 heavy (non-hydrogen) atoms. The van der Waals surface area contributed by atoms with Gasteiger partial charge in [0.25, 0.3) is 5.91 Å². The summed E-state index contributed by atoms with van der Waals surface area (Å²) in [6.45, 7) is 5.04. The van der Waals surface area contributed by atoms with Gasteiger partial charge in [0.2, 0.25) is 11.8 Å². The van der Waals surface area contributed by atoms with Crippen LogP contribution in [0.3, 0.4) is 0 Å². The number of amides is 3. The van der Waals surface area contributed by atoms with Gasteiger partial charge in [0.15, 0.2) is 5.76 Å². The predicted molar refractivity (Wildman–Crippen MR) is 121 cm³/mol. The van der Waals surface area contributed by atoms with Crippen LogP contribution in [0.4, 0.5) is 0 Å². The number of ether oxygens (including phenoxy) is 1. The van der Waals surface area contributed by atoms with Crippen LogP contribution in [0.15, 0.2) is 53.1 Å². The van der Waals surface area contributed by atoms with Gasteiger partial charge in [-0.05, 0) is 17.7 Å². The normalized spacial score (nSPS) is 18.1. The third-order valence-electron chi connectivity index (χ3n) is 6.04. The SMILES string of the molecule is O=C(NC(Cc1ccccc1)C(=O)N1CCN(CC(=O)N2CCOCC2)CC1)c1ccco1. The van der Waals surface area contributed by atoms with Gasteiger partial charge in [-0.1, -0.05) is 30.3 Å². The van der Waals surface area contributed by atoms with Crippen LogP contribution in [0.2, 0.25) is 0 Å². The van der Waals surface area contributed by atoms with E-state index in [0.29, 0.717) is 65.4 Å². The van der Waals surface area contributed by atoms with Crippen molar-refractivity contribution < 1.29 is 23.5 Å². The molecule has 0 spiro atoms. The first-order chi connectivity index (χ1) is 16.1. The Morgan fingerprint density at radius 1 is 0.879 bits per heavy atom. The Balaban J connectivity index is 1.34. The lowest BCUT2D eigenvalue weighted by Crippen LogP contribution is -2.57. The first kappa shape index (κ1) is 23.0. The fraction of sp³-hybridized carbons (Fsp3) is 0.458. The number of nitrogens with one attached hydrogen (secondary N) is 1. The van der Waals surface area contributed by atoms with Gasteiger partial charge >= 0.3 is 0 Å². The summed E-state index contributed by atoms with van der Waals surface area (Å²) in [4.78, 5) is 44.1. The third kappa shape index (κ3) is 6.21. The number of piperazine rings is 1. The maximum Gasteiger partial charge on any atom is 0.287 e. The van der Waals surface area contributed by atoms with Crippen LogP contribution in [0, 0.1) is 0 Å². The molecule has 0 aliphatic carbocycles. The molecule has 1 aromatic carbocycles. The Kier molecular flexibility index (Phi) is 7.74. The zero-order valence-corrected chi connectivity index (χ0v) is 18.7. The van der Waals surface area contributed by atoms with Gasteiger partial charge in [-0.15, -0.1) is 0 Å². The number of hydrogen-bond donors (Lipinski definition) is 1. The van der Waals surface area contributed by atoms with E-state index in [4.69, 9.17) is 9.15 Å². The van der Waals surface area contributed by atoms with Crippen LogP contribution in [0.5, 0.6) is 0 Å². The van der Waals surface area contributed by atoms with E-state index in [0.717, 1.165) is 5.56 Å². The summed E-state index contributed by atoms with van der Waals surface area (Å²) in [5.74, 6) is -0.264. The van der Waals surface area contributed by atoms with Crippen molar-refractivity contribution in [3.63, 3.8) is 0 Å². The van der Waals surface area contributed by atoms with Gasteiger partial charge in [-0.2, -0.15) is 0 Å². The number of rotatable bonds is 7. The van der Waals surface area contributed by atoms with Crippen molar-refractivity contribution in [2.45, 2.75) is 12.5 Å². The standard InChI is InChI=1S/C24H30N4O5/c29-22(27-12-15-32-16-13-27)18-26-8-10-28(11-9-26)24(31)20(17-19-5-2-1-3-6-19)25-23(30)21-7-4-14-33-21/h1-7,14,20H,8-13,15-18H2,(H,25,30). The molecule has 176 valence electrons. The Morgan fingerprint density at radius 3 is 2.27 bits per heavy atom. The number of morpholine rings is 1. The Labute approximate surface area is 193 Å². The van der Waals surface area contributed by atoms with Crippen molar-refractivity contribution in [2.75, 3.05) is 59.0 Å². The maximum absolute atomic E-state index is 13.4. The molecule has 9 nitrogen and oxygen atoms in total. The highest BCUT2D eigenvalue weighted by molar-refractivity contribution is 5.95. The lowest BCUT2D eigenvalue weighted by Gasteiger charge is -2.37. The lowest BCUT2D eigenvalue weighted by atomic mass is 10.0. The smallest absolute Gasteiger partial charge is 0.287 e. The minimum absolute atomic E-state index is 0.103. The second-order valence-corrected chi connectivity index (χ2v) is 8.29. The fourth-order valence-electron chi connectivity index (χ4n) is 4.14. The van der Waals surface area contributed by atoms with Crippen molar-refractivity contribution in [1.29, 1.82) is 0 Å². The van der Waals surface area contributed by atoms with E-state index >= 15 is 0 Å². The molecule has 3 amide bonds. The van der Waals surface area contributed by atoms with Gasteiger partial charge in [-0.25, -0.2) is 0 Å². The number of hydrogen-bond acceptors (Lipinski definition) is 6. The van der Waals surface area contributed by atoms with E-state index < -0.39 is 11.9 Å². The quantitative estimate of drug-likeness (QED) is 0.659. The average molecular weight is 455 g/mol. The molecule has 2 aromatic rings. The summed E-state index contributed by atoms with van der Waals surface area (Å²) in [6.07, 6.45) is 1.82. The minimum Gasteiger partial charge on any atom is -0.459 e. The first-order valence-corrected chi connectivity index (χ1v) is 11.3. The predicted octanol–water partition coefficient (Wildman–Crippen LogP) is 0.624. The molecule has 0 saturated carbocycles. The molecule has 4 rings (SSSR count). The third-order valence-corrected chi connectivity index (χ3v) is 6.04. The van der Waals surface area contributed by atoms with Crippen LogP contribution in [0.25, 0.3) is 0 Å². The van der Waals surface area contributed by atoms with Crippen molar-refractivity contribution in [2.24, 2.45) is 0 Å². The van der Waals surface area contributed by atoms with E-state index in [2.05, 4.69) is 10.2 Å². The van der Waals surface area contributed by atoms with Gasteiger partial charge in [0.05, 0.1) is 26.0 Å². The summed E-state index contributed by atoms with van der Waals surface area (Å²) in [5, 5.41) is 2.84. The second-order valence-electron chi connectivity index (χ2n) is 8.29. The minimum atomic E-state index is -0.702. The molecule has 9 heteroatoms. The summed E-state index contributed by atoms with van der Waals surface area (Å²) in [7, 11) is 0. The Bertz CT molecular complexity index is 920. The van der Waals surface area contributed by atoms with Crippen LogP contribution in [-0.2, 0) is 20.7 Å². The van der Waals surface area contributed by atoms with Gasteiger partial charge in [-0.3, -0.25) is 19.3 Å². The molecule has 3 heterocycles.